The lowest BCUT2D eigenvalue weighted by Crippen LogP contribution is -2.45. The van der Waals surface area contributed by atoms with Crippen LogP contribution in [-0.4, -0.2) is 42.2 Å². The van der Waals surface area contributed by atoms with E-state index in [0.717, 1.165) is 38.0 Å². The van der Waals surface area contributed by atoms with Crippen molar-refractivity contribution in [3.05, 3.63) is 28.8 Å². The van der Waals surface area contributed by atoms with Crippen LogP contribution in [0.1, 0.15) is 102 Å². The Morgan fingerprint density at radius 1 is 1.03 bits per heavy atom. The van der Waals surface area contributed by atoms with E-state index < -0.39 is 0 Å². The molecule has 33 heavy (non-hydrogen) atoms. The van der Waals surface area contributed by atoms with E-state index in [1.807, 2.05) is 0 Å². The molecule has 1 unspecified atom stereocenters. The van der Waals surface area contributed by atoms with Gasteiger partial charge in [-0.25, -0.2) is 0 Å². The molecule has 2 heterocycles. The second-order valence-corrected chi connectivity index (χ2v) is 11.8. The van der Waals surface area contributed by atoms with Gasteiger partial charge in [0.15, 0.2) is 5.78 Å². The first-order valence-corrected chi connectivity index (χ1v) is 13.2. The van der Waals surface area contributed by atoms with E-state index in [2.05, 4.69) is 25.7 Å². The fourth-order valence-corrected chi connectivity index (χ4v) is 5.91. The van der Waals surface area contributed by atoms with E-state index in [4.69, 9.17) is 16.3 Å². The zero-order valence-corrected chi connectivity index (χ0v) is 21.8. The number of fused-ring (bicyclic) bond motifs is 2. The molecule has 2 fully saturated rings. The highest BCUT2D eigenvalue weighted by molar-refractivity contribution is 6.31. The molecule has 0 spiro atoms. The molecule has 0 N–H and O–H groups in total. The van der Waals surface area contributed by atoms with Crippen molar-refractivity contribution in [3.63, 3.8) is 0 Å². The van der Waals surface area contributed by atoms with Crippen molar-refractivity contribution in [2.75, 3.05) is 13.7 Å². The van der Waals surface area contributed by atoms with Crippen LogP contribution in [0.3, 0.4) is 0 Å². The van der Waals surface area contributed by atoms with Crippen LogP contribution in [0.5, 0.6) is 5.75 Å². The Bertz CT molecular complexity index is 802. The van der Waals surface area contributed by atoms with Crippen molar-refractivity contribution in [3.8, 4) is 5.75 Å². The van der Waals surface area contributed by atoms with Crippen LogP contribution in [0.15, 0.2) is 18.2 Å². The Morgan fingerprint density at radius 3 is 2.36 bits per heavy atom. The maximum atomic E-state index is 12.6. The molecule has 2 aliphatic rings. The number of ketones is 2. The first kappa shape index (κ1) is 26.2. The SMILES string of the molecule is COc1cc(Cl)cc(C(=O)CCCCC2C[C@H]3CC[C@@H](C2)N3CC(=O)CCCC(C)(C)C)c1. The van der Waals surface area contributed by atoms with Crippen molar-refractivity contribution in [2.24, 2.45) is 11.3 Å². The Kier molecular flexibility index (Phi) is 9.41. The van der Waals surface area contributed by atoms with Crippen LogP contribution in [0, 0.1) is 11.3 Å². The highest BCUT2D eigenvalue weighted by Gasteiger charge is 2.40. The molecule has 1 aromatic carbocycles. The lowest BCUT2D eigenvalue weighted by molar-refractivity contribution is -0.121. The van der Waals surface area contributed by atoms with Gasteiger partial charge in [0.25, 0.3) is 0 Å². The van der Waals surface area contributed by atoms with Crippen molar-refractivity contribution >= 4 is 23.2 Å². The Hall–Kier alpha value is -1.39. The number of piperidine rings is 1. The zero-order valence-electron chi connectivity index (χ0n) is 21.0. The summed E-state index contributed by atoms with van der Waals surface area (Å²) < 4.78 is 5.22. The summed E-state index contributed by atoms with van der Waals surface area (Å²) in [4.78, 5) is 27.6. The quantitative estimate of drug-likeness (QED) is 0.238. The normalized spacial score (nSPS) is 23.0. The molecule has 3 rings (SSSR count). The van der Waals surface area contributed by atoms with Crippen molar-refractivity contribution in [1.82, 2.24) is 4.90 Å². The summed E-state index contributed by atoms with van der Waals surface area (Å²) in [5.74, 6) is 1.92. The number of ether oxygens (including phenoxy) is 1. The molecular weight excluding hydrogens is 434 g/mol. The number of benzene rings is 1. The molecule has 2 bridgehead atoms. The summed E-state index contributed by atoms with van der Waals surface area (Å²) in [5.41, 5.74) is 0.946. The maximum absolute atomic E-state index is 12.6. The monoisotopic (exact) mass is 475 g/mol. The van der Waals surface area contributed by atoms with Crippen molar-refractivity contribution < 1.29 is 14.3 Å². The third-order valence-corrected chi connectivity index (χ3v) is 7.64. The van der Waals surface area contributed by atoms with Gasteiger partial charge in [-0.3, -0.25) is 14.5 Å². The van der Waals surface area contributed by atoms with Gasteiger partial charge in [-0.05, 0) is 74.5 Å². The fraction of sp³-hybridized carbons (Fsp3) is 0.714. The number of hydrogen-bond donors (Lipinski definition) is 0. The number of methoxy groups -OCH3 is 1. The second kappa shape index (κ2) is 11.8. The molecule has 0 amide bonds. The van der Waals surface area contributed by atoms with Gasteiger partial charge >= 0.3 is 0 Å². The lowest BCUT2D eigenvalue weighted by atomic mass is 9.86. The Labute approximate surface area is 205 Å². The summed E-state index contributed by atoms with van der Waals surface area (Å²) in [6.45, 7) is 7.39. The number of halogens is 1. The van der Waals surface area contributed by atoms with Crippen molar-refractivity contribution in [2.45, 2.75) is 103 Å². The lowest BCUT2D eigenvalue weighted by Gasteiger charge is -2.38. The summed E-state index contributed by atoms with van der Waals surface area (Å²) in [5, 5.41) is 0.535. The zero-order chi connectivity index (χ0) is 24.0. The van der Waals surface area contributed by atoms with Gasteiger partial charge in [-0.1, -0.05) is 45.2 Å². The largest absolute Gasteiger partial charge is 0.497 e. The minimum Gasteiger partial charge on any atom is -0.497 e. The van der Waals surface area contributed by atoms with Gasteiger partial charge in [0, 0.05) is 35.5 Å². The number of unbranched alkanes of at least 4 members (excludes halogenated alkanes) is 1. The Balaban J connectivity index is 1.37. The minimum atomic E-state index is 0.135. The summed E-state index contributed by atoms with van der Waals surface area (Å²) in [7, 11) is 1.58. The van der Waals surface area contributed by atoms with E-state index in [1.54, 1.807) is 25.3 Å². The number of carbonyl (C=O) groups is 2. The molecule has 1 aromatic rings. The smallest absolute Gasteiger partial charge is 0.163 e. The van der Waals surface area contributed by atoms with Gasteiger partial charge in [-0.15, -0.1) is 0 Å². The maximum Gasteiger partial charge on any atom is 0.163 e. The van der Waals surface area contributed by atoms with Crippen molar-refractivity contribution in [1.29, 1.82) is 0 Å². The van der Waals surface area contributed by atoms with E-state index in [1.165, 1.54) is 32.1 Å². The van der Waals surface area contributed by atoms with Crippen LogP contribution < -0.4 is 4.74 Å². The molecule has 0 saturated carbocycles. The van der Waals surface area contributed by atoms with E-state index in [-0.39, 0.29) is 5.78 Å². The average molecular weight is 476 g/mol. The number of nitrogens with zero attached hydrogens (tertiary/aromatic N) is 1. The predicted molar refractivity (Wildman–Crippen MR) is 135 cm³/mol. The molecule has 2 aliphatic heterocycles. The molecule has 0 aliphatic carbocycles. The molecule has 184 valence electrons. The molecule has 0 aromatic heterocycles. The number of carbonyl (C=O) groups excluding carboxylic acids is 2. The predicted octanol–water partition coefficient (Wildman–Crippen LogP) is 7.12. The number of rotatable bonds is 12. The molecule has 0 radical (unpaired) electrons. The summed E-state index contributed by atoms with van der Waals surface area (Å²) in [6, 6.07) is 6.39. The van der Waals surface area contributed by atoms with Gasteiger partial charge in [0.1, 0.15) is 11.5 Å². The fourth-order valence-electron chi connectivity index (χ4n) is 5.68. The molecular formula is C28H42ClNO3. The first-order valence-electron chi connectivity index (χ1n) is 12.8. The topological polar surface area (TPSA) is 46.6 Å². The highest BCUT2D eigenvalue weighted by atomic mass is 35.5. The van der Waals surface area contributed by atoms with E-state index >= 15 is 0 Å². The van der Waals surface area contributed by atoms with Crippen LogP contribution in [0.4, 0.5) is 0 Å². The summed E-state index contributed by atoms with van der Waals surface area (Å²) >= 11 is 6.10. The molecule has 2 saturated heterocycles. The van der Waals surface area contributed by atoms with E-state index in [9.17, 15) is 9.59 Å². The molecule has 5 heteroatoms. The van der Waals surface area contributed by atoms with Crippen LogP contribution in [0.25, 0.3) is 0 Å². The third-order valence-electron chi connectivity index (χ3n) is 7.42. The van der Waals surface area contributed by atoms with Gasteiger partial charge in [-0.2, -0.15) is 0 Å². The van der Waals surface area contributed by atoms with Crippen LogP contribution in [-0.2, 0) is 4.79 Å². The van der Waals surface area contributed by atoms with Gasteiger partial charge in [0.05, 0.1) is 13.7 Å². The number of hydrogen-bond acceptors (Lipinski definition) is 4. The highest BCUT2D eigenvalue weighted by Crippen LogP contribution is 2.40. The molecule has 3 atom stereocenters. The third kappa shape index (κ3) is 8.10. The summed E-state index contributed by atoms with van der Waals surface area (Å²) in [6.07, 6.45) is 11.5. The van der Waals surface area contributed by atoms with E-state index in [0.29, 0.717) is 52.6 Å². The Morgan fingerprint density at radius 2 is 1.73 bits per heavy atom. The van der Waals surface area contributed by atoms with Gasteiger partial charge < -0.3 is 4.74 Å². The second-order valence-electron chi connectivity index (χ2n) is 11.4. The first-order chi connectivity index (χ1) is 15.6. The number of Topliss-reactive ketones (excluding diaryl/α,β-unsaturated/α-hetero) is 2. The van der Waals surface area contributed by atoms with Crippen LogP contribution >= 0.6 is 11.6 Å². The minimum absolute atomic E-state index is 0.135. The molecule has 4 nitrogen and oxygen atoms in total. The average Bonchev–Trinajstić information content (AvgIpc) is 2.97. The van der Waals surface area contributed by atoms with Gasteiger partial charge in [0.2, 0.25) is 0 Å². The standard InChI is InChI=1S/C28H42ClNO3/c1-28(2,3)13-7-9-25(31)19-30-23-11-12-24(30)15-20(14-23)8-5-6-10-27(32)21-16-22(29)18-26(17-21)33-4/h16-18,20,23-24H,5-15,19H2,1-4H3/t20?,23-,24+. The van der Waals surface area contributed by atoms with Crippen LogP contribution in [0.2, 0.25) is 5.02 Å².